The van der Waals surface area contributed by atoms with Gasteiger partial charge in [0.25, 0.3) is 11.5 Å². The average Bonchev–Trinajstić information content (AvgIpc) is 3.38. The summed E-state index contributed by atoms with van der Waals surface area (Å²) in [7, 11) is -4.00. The number of hydrogen-bond donors (Lipinski definition) is 2. The van der Waals surface area contributed by atoms with Crippen LogP contribution in [0.3, 0.4) is 0 Å². The lowest BCUT2D eigenvalue weighted by Crippen LogP contribution is -2.53. The molecule has 2 N–H and O–H groups in total. The Morgan fingerprint density at radius 3 is 2.08 bits per heavy atom. The molecule has 1 aliphatic carbocycles. The van der Waals surface area contributed by atoms with Gasteiger partial charge in [0.15, 0.2) is 9.84 Å². The molecule has 0 aromatic heterocycles. The van der Waals surface area contributed by atoms with E-state index in [1.807, 2.05) is 0 Å². The number of benzene rings is 2. The lowest BCUT2D eigenvalue weighted by molar-refractivity contribution is -0.376. The molecule has 39 heavy (non-hydrogen) atoms. The van der Waals surface area contributed by atoms with E-state index in [9.17, 15) is 53.8 Å². The maximum absolute atomic E-state index is 14.1. The van der Waals surface area contributed by atoms with Crippen LogP contribution in [0.2, 0.25) is 0 Å². The number of fused-ring (bicyclic) bond motifs is 1. The molecule has 0 bridgehead atoms. The molecule has 7 nitrogen and oxygen atoms in total. The Labute approximate surface area is 217 Å². The zero-order chi connectivity index (χ0) is 29.2. The van der Waals surface area contributed by atoms with Gasteiger partial charge >= 0.3 is 12.4 Å². The number of aliphatic hydroxyl groups is 1. The molecule has 2 aromatic carbocycles. The summed E-state index contributed by atoms with van der Waals surface area (Å²) in [5.41, 5.74) is -8.14. The predicted octanol–water partition coefficient (Wildman–Crippen LogP) is 4.32. The molecular formula is C24H21F7N2O5S. The van der Waals surface area contributed by atoms with Crippen LogP contribution in [0.1, 0.15) is 42.5 Å². The molecule has 0 radical (unpaired) electrons. The number of nitrogens with one attached hydrogen (secondary N) is 1. The number of nitrogens with zero attached hydrogens (tertiary/aromatic N) is 1. The van der Waals surface area contributed by atoms with Crippen molar-refractivity contribution in [2.24, 2.45) is 0 Å². The first-order valence-corrected chi connectivity index (χ1v) is 13.0. The van der Waals surface area contributed by atoms with Gasteiger partial charge in [-0.25, -0.2) is 12.8 Å². The van der Waals surface area contributed by atoms with Crippen molar-refractivity contribution in [3.05, 3.63) is 59.2 Å². The van der Waals surface area contributed by atoms with E-state index >= 15 is 0 Å². The van der Waals surface area contributed by atoms with Crippen molar-refractivity contribution in [3.63, 3.8) is 0 Å². The van der Waals surface area contributed by atoms with Crippen LogP contribution in [-0.2, 0) is 31.6 Å². The SMILES string of the molecule is CC(=O)N1Cc2cc(S(=O)(=O)CC3(F)CC3)ccc2C1C(=O)Nc1ccc(C(O)(C(F)(F)F)C(F)(F)F)cc1. The number of carbonyl (C=O) groups excluding carboxylic acids is 2. The summed E-state index contributed by atoms with van der Waals surface area (Å²) >= 11 is 0. The number of hydrogen-bond acceptors (Lipinski definition) is 5. The third-order valence-corrected chi connectivity index (χ3v) is 8.57. The molecule has 212 valence electrons. The highest BCUT2D eigenvalue weighted by Gasteiger charge is 2.71. The summed E-state index contributed by atoms with van der Waals surface area (Å²) in [6.07, 6.45) is -11.9. The second-order valence-corrected chi connectivity index (χ2v) is 11.6. The fourth-order valence-corrected chi connectivity index (χ4v) is 6.13. The summed E-state index contributed by atoms with van der Waals surface area (Å²) in [6, 6.07) is 4.58. The third-order valence-electron chi connectivity index (χ3n) is 6.71. The molecule has 2 aliphatic rings. The van der Waals surface area contributed by atoms with Crippen LogP contribution in [0.5, 0.6) is 0 Å². The fraction of sp³-hybridized carbons (Fsp3) is 0.417. The highest BCUT2D eigenvalue weighted by atomic mass is 32.2. The Hall–Kier alpha value is -3.20. The van der Waals surface area contributed by atoms with Gasteiger partial charge in [-0.2, -0.15) is 26.3 Å². The van der Waals surface area contributed by atoms with E-state index in [1.165, 1.54) is 18.2 Å². The van der Waals surface area contributed by atoms with Gasteiger partial charge in [-0.1, -0.05) is 18.2 Å². The standard InChI is InChI=1S/C24H21F7N2O5S/c1-13(34)33-11-14-10-17(39(37,38)12-21(25)8-9-21)6-7-18(14)19(33)20(35)32-16-4-2-15(3-5-16)22(36,23(26,27)28)24(29,30)31/h2-7,10,19,36H,8-9,11-12H2,1H3,(H,32,35). The van der Waals surface area contributed by atoms with E-state index in [1.54, 1.807) is 0 Å². The minimum atomic E-state index is -6.08. The first-order chi connectivity index (χ1) is 17.8. The zero-order valence-corrected chi connectivity index (χ0v) is 20.8. The van der Waals surface area contributed by atoms with Crippen LogP contribution in [0.25, 0.3) is 0 Å². The number of carbonyl (C=O) groups is 2. The molecule has 0 spiro atoms. The van der Waals surface area contributed by atoms with Crippen LogP contribution >= 0.6 is 0 Å². The molecule has 2 amide bonds. The Kier molecular flexibility index (Phi) is 6.78. The average molecular weight is 582 g/mol. The normalized spacial score (nSPS) is 19.0. The molecule has 4 rings (SSSR count). The number of halogens is 7. The fourth-order valence-electron chi connectivity index (χ4n) is 4.40. The molecule has 1 fully saturated rings. The molecule has 15 heteroatoms. The van der Waals surface area contributed by atoms with Crippen molar-refractivity contribution >= 4 is 27.3 Å². The van der Waals surface area contributed by atoms with Gasteiger partial charge in [0.2, 0.25) is 5.91 Å². The molecule has 0 saturated heterocycles. The monoisotopic (exact) mass is 582 g/mol. The molecule has 1 atom stereocenters. The first-order valence-electron chi connectivity index (χ1n) is 11.4. The Balaban J connectivity index is 1.59. The molecule has 2 aromatic rings. The van der Waals surface area contributed by atoms with Crippen LogP contribution in [0, 0.1) is 0 Å². The van der Waals surface area contributed by atoms with E-state index in [2.05, 4.69) is 5.32 Å². The topological polar surface area (TPSA) is 104 Å². The smallest absolute Gasteiger partial charge is 0.369 e. The number of sulfone groups is 1. The van der Waals surface area contributed by atoms with E-state index in [-0.39, 0.29) is 35.5 Å². The lowest BCUT2D eigenvalue weighted by atomic mass is 9.92. The second-order valence-electron chi connectivity index (χ2n) is 9.59. The number of amides is 2. The number of alkyl halides is 7. The molecule has 1 saturated carbocycles. The van der Waals surface area contributed by atoms with Gasteiger partial charge in [-0.3, -0.25) is 9.59 Å². The molecule has 1 heterocycles. The van der Waals surface area contributed by atoms with Crippen LogP contribution in [0.15, 0.2) is 47.4 Å². The lowest BCUT2D eigenvalue weighted by Gasteiger charge is -2.32. The van der Waals surface area contributed by atoms with Crippen molar-refractivity contribution in [3.8, 4) is 0 Å². The van der Waals surface area contributed by atoms with Crippen LogP contribution in [-0.4, -0.2) is 54.0 Å². The van der Waals surface area contributed by atoms with Crippen LogP contribution < -0.4 is 5.32 Å². The maximum Gasteiger partial charge on any atom is 0.430 e. The maximum atomic E-state index is 14.1. The van der Waals surface area contributed by atoms with E-state index in [4.69, 9.17) is 0 Å². The summed E-state index contributed by atoms with van der Waals surface area (Å²) in [4.78, 5) is 26.2. The van der Waals surface area contributed by atoms with Crippen LogP contribution in [0.4, 0.5) is 36.4 Å². The van der Waals surface area contributed by atoms with E-state index in [0.29, 0.717) is 17.7 Å². The van der Waals surface area contributed by atoms with Gasteiger partial charge in [0.05, 0.1) is 10.6 Å². The highest BCUT2D eigenvalue weighted by molar-refractivity contribution is 7.91. The van der Waals surface area contributed by atoms with Crippen molar-refractivity contribution in [1.29, 1.82) is 0 Å². The second kappa shape index (κ2) is 9.18. The van der Waals surface area contributed by atoms with Crippen molar-refractivity contribution in [2.75, 3.05) is 11.1 Å². The molecular weight excluding hydrogens is 561 g/mol. The number of rotatable bonds is 6. The van der Waals surface area contributed by atoms with Crippen molar-refractivity contribution < 1.29 is 53.8 Å². The summed E-state index contributed by atoms with van der Waals surface area (Å²) < 4.78 is 118. The largest absolute Gasteiger partial charge is 0.430 e. The minimum Gasteiger partial charge on any atom is -0.369 e. The Bertz CT molecular complexity index is 1400. The quantitative estimate of drug-likeness (QED) is 0.494. The van der Waals surface area contributed by atoms with E-state index < -0.39 is 62.6 Å². The number of anilines is 1. The first kappa shape index (κ1) is 28.8. The van der Waals surface area contributed by atoms with Gasteiger partial charge in [-0.15, -0.1) is 0 Å². The molecule has 1 aliphatic heterocycles. The minimum absolute atomic E-state index is 0.129. The van der Waals surface area contributed by atoms with Gasteiger partial charge in [-0.05, 0) is 48.2 Å². The summed E-state index contributed by atoms with van der Waals surface area (Å²) in [6.45, 7) is 0.976. The Morgan fingerprint density at radius 2 is 1.59 bits per heavy atom. The van der Waals surface area contributed by atoms with Crippen molar-refractivity contribution in [2.45, 2.75) is 60.9 Å². The zero-order valence-electron chi connectivity index (χ0n) is 20.0. The Morgan fingerprint density at radius 1 is 1.03 bits per heavy atom. The van der Waals surface area contributed by atoms with Gasteiger partial charge in [0.1, 0.15) is 11.7 Å². The van der Waals surface area contributed by atoms with Crippen molar-refractivity contribution in [1.82, 2.24) is 4.90 Å². The van der Waals surface area contributed by atoms with E-state index in [0.717, 1.165) is 24.0 Å². The summed E-state index contributed by atoms with van der Waals surface area (Å²) in [5, 5.41) is 11.8. The highest BCUT2D eigenvalue weighted by Crippen LogP contribution is 2.50. The third kappa shape index (κ3) is 5.21. The molecule has 1 unspecified atom stereocenters. The summed E-state index contributed by atoms with van der Waals surface area (Å²) in [5.74, 6) is -2.16. The van der Waals surface area contributed by atoms with Gasteiger partial charge in [0, 0.05) is 24.7 Å². The van der Waals surface area contributed by atoms with Gasteiger partial charge < -0.3 is 15.3 Å². The predicted molar refractivity (Wildman–Crippen MR) is 122 cm³/mol.